The smallest absolute Gasteiger partial charge is 0.308 e. The van der Waals surface area contributed by atoms with Crippen molar-refractivity contribution in [2.45, 2.75) is 51.5 Å². The van der Waals surface area contributed by atoms with Crippen molar-refractivity contribution >= 4 is 34.1 Å². The molecule has 1 fully saturated rings. The van der Waals surface area contributed by atoms with E-state index in [0.717, 1.165) is 16.9 Å². The molecule has 2 N–H and O–H groups in total. The van der Waals surface area contributed by atoms with Crippen LogP contribution in [0.3, 0.4) is 0 Å². The molecule has 1 aromatic carbocycles. The molecule has 2 aromatic rings. The number of methoxy groups -OCH3 is 1. The van der Waals surface area contributed by atoms with Crippen molar-refractivity contribution < 1.29 is 28.6 Å². The van der Waals surface area contributed by atoms with E-state index in [1.165, 1.54) is 24.7 Å². The number of aryl methyl sites for hydroxylation is 1. The Labute approximate surface area is 215 Å². The lowest BCUT2D eigenvalue weighted by atomic mass is 9.81. The molecule has 8 nitrogen and oxygen atoms in total. The highest BCUT2D eigenvalue weighted by atomic mass is 32.1. The zero-order valence-corrected chi connectivity index (χ0v) is 21.4. The second kappa shape index (κ2) is 12.1. The first-order valence-corrected chi connectivity index (χ1v) is 13.1. The van der Waals surface area contributed by atoms with Gasteiger partial charge in [0.15, 0.2) is 5.76 Å². The van der Waals surface area contributed by atoms with Crippen LogP contribution in [0, 0.1) is 11.8 Å². The maximum absolute atomic E-state index is 13.4. The second-order valence-electron chi connectivity index (χ2n) is 9.03. The van der Waals surface area contributed by atoms with Crippen LogP contribution in [-0.2, 0) is 36.6 Å². The second-order valence-corrected chi connectivity index (χ2v) is 10.2. The normalized spacial score (nSPS) is 19.9. The molecule has 0 radical (unpaired) electrons. The molecule has 192 valence electrons. The van der Waals surface area contributed by atoms with E-state index in [2.05, 4.69) is 10.6 Å². The van der Waals surface area contributed by atoms with Crippen LogP contribution in [0.25, 0.3) is 0 Å². The molecule has 0 saturated heterocycles. The Morgan fingerprint density at radius 2 is 1.83 bits per heavy atom. The van der Waals surface area contributed by atoms with Crippen LogP contribution in [0.4, 0.5) is 5.00 Å². The first kappa shape index (κ1) is 25.8. The molecule has 1 unspecified atom stereocenters. The molecule has 9 heteroatoms. The van der Waals surface area contributed by atoms with Gasteiger partial charge in [0.2, 0.25) is 12.7 Å². The number of rotatable bonds is 9. The van der Waals surface area contributed by atoms with Crippen molar-refractivity contribution in [3.8, 4) is 0 Å². The highest BCUT2D eigenvalue weighted by Gasteiger charge is 2.32. The van der Waals surface area contributed by atoms with E-state index in [1.807, 2.05) is 43.3 Å². The van der Waals surface area contributed by atoms with Crippen molar-refractivity contribution in [2.24, 2.45) is 11.8 Å². The molecule has 36 heavy (non-hydrogen) atoms. The topological polar surface area (TPSA) is 103 Å². The van der Waals surface area contributed by atoms with Gasteiger partial charge in [-0.3, -0.25) is 14.4 Å². The van der Waals surface area contributed by atoms with Gasteiger partial charge in [0, 0.05) is 17.2 Å². The Morgan fingerprint density at radius 3 is 2.47 bits per heavy atom. The third-order valence-corrected chi connectivity index (χ3v) is 7.86. The lowest BCUT2D eigenvalue weighted by Crippen LogP contribution is -2.38. The highest BCUT2D eigenvalue weighted by molar-refractivity contribution is 7.16. The number of hydrogen-bond acceptors (Lipinski definition) is 7. The van der Waals surface area contributed by atoms with Gasteiger partial charge in [-0.15, -0.1) is 11.3 Å². The maximum atomic E-state index is 13.4. The van der Waals surface area contributed by atoms with Crippen molar-refractivity contribution in [1.29, 1.82) is 0 Å². The minimum atomic E-state index is -0.412. The van der Waals surface area contributed by atoms with Crippen molar-refractivity contribution in [1.82, 2.24) is 5.32 Å². The number of esters is 1. The van der Waals surface area contributed by atoms with Gasteiger partial charge in [-0.1, -0.05) is 37.3 Å². The van der Waals surface area contributed by atoms with Gasteiger partial charge in [0.1, 0.15) is 11.3 Å². The summed E-state index contributed by atoms with van der Waals surface area (Å²) >= 11 is 1.42. The molecule has 1 aliphatic heterocycles. The molecule has 2 aliphatic rings. The summed E-state index contributed by atoms with van der Waals surface area (Å²) in [6, 6.07) is 11.3. The van der Waals surface area contributed by atoms with E-state index in [0.29, 0.717) is 48.4 Å². The fourth-order valence-electron chi connectivity index (χ4n) is 4.59. The van der Waals surface area contributed by atoms with Crippen LogP contribution >= 0.6 is 11.3 Å². The molecule has 4 rings (SSSR count). The predicted molar refractivity (Wildman–Crippen MR) is 136 cm³/mol. The van der Waals surface area contributed by atoms with Crippen LogP contribution in [0.1, 0.15) is 53.4 Å². The van der Waals surface area contributed by atoms with E-state index in [1.54, 1.807) is 0 Å². The van der Waals surface area contributed by atoms with E-state index in [4.69, 9.17) is 14.2 Å². The standard InChI is InChI=1S/C27H32N2O6S/c1-3-20-14-21(26(36-20)29-24(30)18-9-11-19(12-10-18)27(32)33-2)25(31)28-22(23-15-34-16-35-23)13-17-7-5-4-6-8-17/h4-8,14-15,18-19,22H,3,9-13,16H2,1-2H3,(H,28,31)(H,29,30). The predicted octanol–water partition coefficient (Wildman–Crippen LogP) is 4.42. The van der Waals surface area contributed by atoms with E-state index in [9.17, 15) is 14.4 Å². The molecular weight excluding hydrogens is 480 g/mol. The molecule has 1 saturated carbocycles. The number of benzene rings is 1. The molecule has 1 aliphatic carbocycles. The van der Waals surface area contributed by atoms with Crippen molar-refractivity contribution in [2.75, 3.05) is 19.2 Å². The molecule has 1 aromatic heterocycles. The first-order chi connectivity index (χ1) is 17.5. The third-order valence-electron chi connectivity index (χ3n) is 6.67. The maximum Gasteiger partial charge on any atom is 0.308 e. The molecular formula is C27H32N2O6S. The number of anilines is 1. The highest BCUT2D eigenvalue weighted by Crippen LogP contribution is 2.33. The van der Waals surface area contributed by atoms with Crippen LogP contribution in [0.2, 0.25) is 0 Å². The summed E-state index contributed by atoms with van der Waals surface area (Å²) in [6.07, 6.45) is 5.31. The fourth-order valence-corrected chi connectivity index (χ4v) is 5.59. The van der Waals surface area contributed by atoms with Crippen LogP contribution in [0.15, 0.2) is 48.4 Å². The third kappa shape index (κ3) is 6.26. The van der Waals surface area contributed by atoms with Gasteiger partial charge in [-0.2, -0.15) is 0 Å². The first-order valence-electron chi connectivity index (χ1n) is 12.3. The number of amides is 2. The lowest BCUT2D eigenvalue weighted by molar-refractivity contribution is -0.147. The summed E-state index contributed by atoms with van der Waals surface area (Å²) in [5.74, 6) is -0.400. The van der Waals surface area contributed by atoms with Crippen LogP contribution in [0.5, 0.6) is 0 Å². The Morgan fingerprint density at radius 1 is 1.11 bits per heavy atom. The molecule has 0 spiro atoms. The minimum Gasteiger partial charge on any atom is -0.469 e. The zero-order chi connectivity index (χ0) is 25.5. The lowest BCUT2D eigenvalue weighted by Gasteiger charge is -2.26. The number of hydrogen-bond donors (Lipinski definition) is 2. The van der Waals surface area contributed by atoms with Crippen LogP contribution < -0.4 is 10.6 Å². The summed E-state index contributed by atoms with van der Waals surface area (Å²) in [5, 5.41) is 6.61. The summed E-state index contributed by atoms with van der Waals surface area (Å²) in [4.78, 5) is 39.3. The minimum absolute atomic E-state index is 0.118. The Balaban J connectivity index is 1.46. The number of thiophene rings is 1. The fraction of sp³-hybridized carbons (Fsp3) is 0.444. The summed E-state index contributed by atoms with van der Waals surface area (Å²) in [7, 11) is 1.39. The zero-order valence-electron chi connectivity index (χ0n) is 20.6. The van der Waals surface area contributed by atoms with Gasteiger partial charge in [0.05, 0.1) is 24.6 Å². The van der Waals surface area contributed by atoms with Gasteiger partial charge >= 0.3 is 5.97 Å². The van der Waals surface area contributed by atoms with Gasteiger partial charge in [-0.05, 0) is 43.7 Å². The van der Waals surface area contributed by atoms with Crippen molar-refractivity contribution in [3.05, 3.63) is 64.4 Å². The summed E-state index contributed by atoms with van der Waals surface area (Å²) in [6.45, 7) is 2.13. The Bertz CT molecular complexity index is 1100. The average molecular weight is 513 g/mol. The Hall–Kier alpha value is -3.33. The van der Waals surface area contributed by atoms with Gasteiger partial charge in [-0.25, -0.2) is 0 Å². The molecule has 2 heterocycles. The van der Waals surface area contributed by atoms with E-state index >= 15 is 0 Å². The van der Waals surface area contributed by atoms with Crippen molar-refractivity contribution in [3.63, 3.8) is 0 Å². The van der Waals surface area contributed by atoms with Crippen LogP contribution in [-0.4, -0.2) is 37.7 Å². The quantitative estimate of drug-likeness (QED) is 0.483. The van der Waals surface area contributed by atoms with E-state index < -0.39 is 6.04 Å². The molecule has 1 atom stereocenters. The number of ether oxygens (including phenoxy) is 3. The molecule has 0 bridgehead atoms. The summed E-state index contributed by atoms with van der Waals surface area (Å²) in [5.41, 5.74) is 1.49. The Kier molecular flexibility index (Phi) is 8.64. The average Bonchev–Trinajstić information content (AvgIpc) is 3.59. The van der Waals surface area contributed by atoms with Gasteiger partial charge in [0.25, 0.3) is 5.91 Å². The number of nitrogens with one attached hydrogen (secondary N) is 2. The van der Waals surface area contributed by atoms with Gasteiger partial charge < -0.3 is 24.8 Å². The molecule has 2 amide bonds. The monoisotopic (exact) mass is 512 g/mol. The largest absolute Gasteiger partial charge is 0.469 e. The van der Waals surface area contributed by atoms with E-state index in [-0.39, 0.29) is 36.4 Å². The number of carbonyl (C=O) groups is 3. The SMILES string of the molecule is CCc1cc(C(=O)NC(Cc2ccccc2)C2=COCO2)c(NC(=O)C2CCC(C(=O)OC)CC2)s1. The number of carbonyl (C=O) groups excluding carboxylic acids is 3. The summed E-state index contributed by atoms with van der Waals surface area (Å²) < 4.78 is 15.7.